The number of para-hydroxylation sites is 1. The fraction of sp³-hybridized carbons (Fsp3) is 0.368. The van der Waals surface area contributed by atoms with E-state index in [9.17, 15) is 0 Å². The summed E-state index contributed by atoms with van der Waals surface area (Å²) < 4.78 is 5.46. The molecule has 21 heavy (non-hydrogen) atoms. The monoisotopic (exact) mass is 281 g/mol. The third-order valence-electron chi connectivity index (χ3n) is 4.56. The van der Waals surface area contributed by atoms with Gasteiger partial charge in [-0.2, -0.15) is 0 Å². The van der Waals surface area contributed by atoms with E-state index >= 15 is 0 Å². The second-order valence-corrected chi connectivity index (χ2v) is 5.91. The van der Waals surface area contributed by atoms with Crippen LogP contribution in [0.2, 0.25) is 0 Å². The Bertz CT molecular complexity index is 602. The van der Waals surface area contributed by atoms with Crippen LogP contribution in [0.4, 0.5) is 0 Å². The summed E-state index contributed by atoms with van der Waals surface area (Å²) in [5, 5.41) is 3.67. The predicted octanol–water partition coefficient (Wildman–Crippen LogP) is 4.04. The molecule has 0 bridgehead atoms. The zero-order chi connectivity index (χ0) is 14.7. The number of rotatable bonds is 5. The maximum absolute atomic E-state index is 5.46. The van der Waals surface area contributed by atoms with E-state index in [-0.39, 0.29) is 0 Å². The van der Waals surface area contributed by atoms with E-state index in [1.807, 2.05) is 6.07 Å². The van der Waals surface area contributed by atoms with Crippen LogP contribution in [0.15, 0.2) is 48.5 Å². The van der Waals surface area contributed by atoms with Crippen molar-refractivity contribution in [3.05, 3.63) is 65.2 Å². The molecule has 1 fully saturated rings. The van der Waals surface area contributed by atoms with Crippen LogP contribution >= 0.6 is 0 Å². The van der Waals surface area contributed by atoms with E-state index in [0.717, 1.165) is 12.3 Å². The molecule has 110 valence electrons. The van der Waals surface area contributed by atoms with Crippen molar-refractivity contribution < 1.29 is 4.74 Å². The molecule has 0 aliphatic heterocycles. The number of aryl methyl sites for hydroxylation is 1. The van der Waals surface area contributed by atoms with E-state index in [4.69, 9.17) is 4.74 Å². The van der Waals surface area contributed by atoms with E-state index in [1.165, 1.54) is 29.5 Å². The van der Waals surface area contributed by atoms with Crippen LogP contribution in [0, 0.1) is 6.92 Å². The van der Waals surface area contributed by atoms with Gasteiger partial charge in [0.05, 0.1) is 7.11 Å². The summed E-state index contributed by atoms with van der Waals surface area (Å²) in [5.41, 5.74) is 4.12. The van der Waals surface area contributed by atoms with Crippen LogP contribution in [0.25, 0.3) is 0 Å². The first-order valence-electron chi connectivity index (χ1n) is 7.68. The maximum Gasteiger partial charge on any atom is 0.122 e. The molecule has 1 saturated carbocycles. The van der Waals surface area contributed by atoms with Crippen LogP contribution < -0.4 is 10.1 Å². The lowest BCUT2D eigenvalue weighted by Crippen LogP contribution is -2.39. The third kappa shape index (κ3) is 3.11. The van der Waals surface area contributed by atoms with Gasteiger partial charge in [0.1, 0.15) is 5.75 Å². The first-order valence-corrected chi connectivity index (χ1v) is 7.68. The van der Waals surface area contributed by atoms with Crippen molar-refractivity contribution in [2.45, 2.75) is 38.3 Å². The standard InChI is InChI=1S/C19H23NO/c1-14-7-3-4-8-15(14)13-20-17-11-16(12-17)18-9-5-6-10-19(18)21-2/h3-10,16-17,20H,11-13H2,1-2H3. The Kier molecular flexibility index (Phi) is 4.26. The van der Waals surface area contributed by atoms with Crippen molar-refractivity contribution in [3.8, 4) is 5.75 Å². The van der Waals surface area contributed by atoms with Crippen molar-refractivity contribution in [3.63, 3.8) is 0 Å². The largest absolute Gasteiger partial charge is 0.496 e. The van der Waals surface area contributed by atoms with E-state index in [2.05, 4.69) is 54.7 Å². The lowest BCUT2D eigenvalue weighted by molar-refractivity contribution is 0.282. The average Bonchev–Trinajstić information content (AvgIpc) is 2.48. The highest BCUT2D eigenvalue weighted by Crippen LogP contribution is 2.41. The van der Waals surface area contributed by atoms with Gasteiger partial charge >= 0.3 is 0 Å². The second-order valence-electron chi connectivity index (χ2n) is 5.91. The third-order valence-corrected chi connectivity index (χ3v) is 4.56. The smallest absolute Gasteiger partial charge is 0.122 e. The summed E-state index contributed by atoms with van der Waals surface area (Å²) in [4.78, 5) is 0. The Balaban J connectivity index is 1.53. The summed E-state index contributed by atoms with van der Waals surface area (Å²) in [5.74, 6) is 1.66. The number of hydrogen-bond donors (Lipinski definition) is 1. The Morgan fingerprint density at radius 2 is 1.76 bits per heavy atom. The van der Waals surface area contributed by atoms with Gasteiger partial charge < -0.3 is 10.1 Å². The second kappa shape index (κ2) is 6.31. The van der Waals surface area contributed by atoms with Crippen LogP contribution in [-0.2, 0) is 6.54 Å². The molecule has 0 heterocycles. The number of nitrogens with one attached hydrogen (secondary N) is 1. The van der Waals surface area contributed by atoms with Crippen molar-refractivity contribution >= 4 is 0 Å². The first-order chi connectivity index (χ1) is 10.3. The van der Waals surface area contributed by atoms with Gasteiger partial charge in [0.15, 0.2) is 0 Å². The summed E-state index contributed by atoms with van der Waals surface area (Å²) in [7, 11) is 1.76. The molecule has 2 nitrogen and oxygen atoms in total. The fourth-order valence-corrected chi connectivity index (χ4v) is 3.10. The molecule has 0 unspecified atom stereocenters. The summed E-state index contributed by atoms with van der Waals surface area (Å²) >= 11 is 0. The van der Waals surface area contributed by atoms with Gasteiger partial charge in [-0.1, -0.05) is 42.5 Å². The highest BCUT2D eigenvalue weighted by Gasteiger charge is 2.31. The highest BCUT2D eigenvalue weighted by molar-refractivity contribution is 5.37. The Morgan fingerprint density at radius 1 is 1.05 bits per heavy atom. The van der Waals surface area contributed by atoms with Gasteiger partial charge in [0, 0.05) is 12.6 Å². The minimum absolute atomic E-state index is 0.625. The van der Waals surface area contributed by atoms with Gasteiger partial charge in [0.25, 0.3) is 0 Å². The zero-order valence-electron chi connectivity index (χ0n) is 12.8. The predicted molar refractivity (Wildman–Crippen MR) is 86.8 cm³/mol. The molecule has 1 aliphatic rings. The molecular weight excluding hydrogens is 258 g/mol. The number of ether oxygens (including phenoxy) is 1. The number of methoxy groups -OCH3 is 1. The highest BCUT2D eigenvalue weighted by atomic mass is 16.5. The molecule has 0 saturated heterocycles. The normalized spacial score (nSPS) is 20.9. The molecule has 0 radical (unpaired) electrons. The topological polar surface area (TPSA) is 21.3 Å². The quantitative estimate of drug-likeness (QED) is 0.893. The van der Waals surface area contributed by atoms with E-state index < -0.39 is 0 Å². The Morgan fingerprint density at radius 3 is 2.52 bits per heavy atom. The van der Waals surface area contributed by atoms with Gasteiger partial charge in [0.2, 0.25) is 0 Å². The van der Waals surface area contributed by atoms with Crippen LogP contribution in [0.3, 0.4) is 0 Å². The van der Waals surface area contributed by atoms with Crippen LogP contribution in [0.5, 0.6) is 5.75 Å². The van der Waals surface area contributed by atoms with Gasteiger partial charge in [-0.25, -0.2) is 0 Å². The van der Waals surface area contributed by atoms with E-state index in [0.29, 0.717) is 12.0 Å². The van der Waals surface area contributed by atoms with Gasteiger partial charge in [-0.15, -0.1) is 0 Å². The molecule has 0 spiro atoms. The lowest BCUT2D eigenvalue weighted by atomic mass is 9.75. The van der Waals surface area contributed by atoms with Crippen molar-refractivity contribution in [1.29, 1.82) is 0 Å². The van der Waals surface area contributed by atoms with Crippen molar-refractivity contribution in [2.24, 2.45) is 0 Å². The molecule has 1 N–H and O–H groups in total. The van der Waals surface area contributed by atoms with Gasteiger partial charge in [-0.3, -0.25) is 0 Å². The molecule has 2 aromatic carbocycles. The minimum atomic E-state index is 0.625. The van der Waals surface area contributed by atoms with E-state index in [1.54, 1.807) is 7.11 Å². The molecule has 0 atom stereocenters. The Labute approximate surface area is 127 Å². The molecule has 1 aliphatic carbocycles. The molecular formula is C19H23NO. The molecule has 3 rings (SSSR count). The number of benzene rings is 2. The maximum atomic E-state index is 5.46. The average molecular weight is 281 g/mol. The van der Waals surface area contributed by atoms with Crippen molar-refractivity contribution in [1.82, 2.24) is 5.32 Å². The lowest BCUT2D eigenvalue weighted by Gasteiger charge is -2.37. The zero-order valence-corrected chi connectivity index (χ0v) is 12.8. The van der Waals surface area contributed by atoms with Crippen LogP contribution in [-0.4, -0.2) is 13.2 Å². The summed E-state index contributed by atoms with van der Waals surface area (Å²) in [6.07, 6.45) is 2.40. The van der Waals surface area contributed by atoms with Crippen LogP contribution in [0.1, 0.15) is 35.4 Å². The molecule has 0 aromatic heterocycles. The molecule has 2 aromatic rings. The summed E-state index contributed by atoms with van der Waals surface area (Å²) in [6.45, 7) is 3.14. The molecule has 2 heteroatoms. The minimum Gasteiger partial charge on any atom is -0.496 e. The first kappa shape index (κ1) is 14.2. The van der Waals surface area contributed by atoms with Crippen molar-refractivity contribution in [2.75, 3.05) is 7.11 Å². The number of hydrogen-bond acceptors (Lipinski definition) is 2. The Hall–Kier alpha value is -1.80. The van der Waals surface area contributed by atoms with Gasteiger partial charge in [-0.05, 0) is 48.4 Å². The fourth-order valence-electron chi connectivity index (χ4n) is 3.10. The molecule has 0 amide bonds. The SMILES string of the molecule is COc1ccccc1C1CC(NCc2ccccc2C)C1. The summed E-state index contributed by atoms with van der Waals surface area (Å²) in [6, 6.07) is 17.6.